The molecule has 2 saturated heterocycles. The normalized spacial score (nSPS) is 25.8. The van der Waals surface area contributed by atoms with Crippen LogP contribution in [0.3, 0.4) is 0 Å². The van der Waals surface area contributed by atoms with Gasteiger partial charge in [0.2, 0.25) is 11.8 Å². The maximum absolute atomic E-state index is 13.1. The predicted octanol–water partition coefficient (Wildman–Crippen LogP) is 2.36. The van der Waals surface area contributed by atoms with Crippen LogP contribution in [-0.2, 0) is 41.1 Å². The zero-order chi connectivity index (χ0) is 28.0. The fraction of sp³-hybridized carbons (Fsp3) is 0.600. The van der Waals surface area contributed by atoms with Crippen LogP contribution in [0.2, 0.25) is 0 Å². The van der Waals surface area contributed by atoms with Gasteiger partial charge in [0.05, 0.1) is 18.8 Å². The van der Waals surface area contributed by atoms with Gasteiger partial charge in [-0.3, -0.25) is 19.2 Å². The first-order valence-corrected chi connectivity index (χ1v) is 14.5. The molecule has 6 rings (SSSR count). The number of fused-ring (bicyclic) bond motifs is 2. The summed E-state index contributed by atoms with van der Waals surface area (Å²) in [7, 11) is 1.91. The van der Waals surface area contributed by atoms with Gasteiger partial charge in [-0.25, -0.2) is 4.79 Å². The lowest BCUT2D eigenvalue weighted by atomic mass is 10.0. The van der Waals surface area contributed by atoms with Gasteiger partial charge in [-0.15, -0.1) is 0 Å². The zero-order valence-corrected chi connectivity index (χ0v) is 23.8. The summed E-state index contributed by atoms with van der Waals surface area (Å²) in [5, 5.41) is 7.65. The van der Waals surface area contributed by atoms with E-state index in [-0.39, 0.29) is 36.5 Å². The van der Waals surface area contributed by atoms with E-state index in [1.807, 2.05) is 48.8 Å². The molecule has 3 amide bonds. The molecule has 1 saturated carbocycles. The summed E-state index contributed by atoms with van der Waals surface area (Å²) in [5.41, 5.74) is 5.44. The Morgan fingerprint density at radius 3 is 2.42 bits per heavy atom. The molecule has 3 fully saturated rings. The molecular formula is C30H40N6O4. The Hall–Kier alpha value is -3.40. The summed E-state index contributed by atoms with van der Waals surface area (Å²) in [6.45, 7) is 8.85. The Labute approximate surface area is 235 Å². The molecule has 3 aliphatic heterocycles. The number of amides is 3. The van der Waals surface area contributed by atoms with Crippen molar-refractivity contribution in [3.8, 4) is 0 Å². The maximum Gasteiger partial charge on any atom is 0.410 e. The SMILES string of the molecule is Cc1cc(C)cc(COC(=O)N2CC[C@@H](NC(=O)C3CC4CN(CC(=O)N5Cc6cn(C)nc6C5)CC4C3)C2)c1. The summed E-state index contributed by atoms with van der Waals surface area (Å²) >= 11 is 0. The molecule has 10 nitrogen and oxygen atoms in total. The number of carbonyl (C=O) groups excluding carboxylic acids is 3. The first-order valence-electron chi connectivity index (χ1n) is 14.5. The van der Waals surface area contributed by atoms with Crippen LogP contribution in [0.4, 0.5) is 4.79 Å². The van der Waals surface area contributed by atoms with Gasteiger partial charge in [-0.1, -0.05) is 29.3 Å². The second-order valence-electron chi connectivity index (χ2n) is 12.4. The van der Waals surface area contributed by atoms with Crippen molar-refractivity contribution in [2.75, 3.05) is 32.7 Å². The Kier molecular flexibility index (Phi) is 7.29. The number of benzene rings is 1. The number of hydrogen-bond acceptors (Lipinski definition) is 6. The highest BCUT2D eigenvalue weighted by Crippen LogP contribution is 2.41. The zero-order valence-electron chi connectivity index (χ0n) is 23.8. The van der Waals surface area contributed by atoms with E-state index < -0.39 is 0 Å². The minimum Gasteiger partial charge on any atom is -0.445 e. The van der Waals surface area contributed by atoms with Crippen LogP contribution in [-0.4, -0.2) is 81.2 Å². The van der Waals surface area contributed by atoms with E-state index in [9.17, 15) is 14.4 Å². The van der Waals surface area contributed by atoms with Gasteiger partial charge >= 0.3 is 6.09 Å². The van der Waals surface area contributed by atoms with Gasteiger partial charge in [0.15, 0.2) is 0 Å². The van der Waals surface area contributed by atoms with E-state index >= 15 is 0 Å². The number of carbonyl (C=O) groups is 3. The molecule has 1 aromatic carbocycles. The number of ether oxygens (including phenoxy) is 1. The Bertz CT molecular complexity index is 1250. The van der Waals surface area contributed by atoms with Crippen LogP contribution in [0, 0.1) is 31.6 Å². The largest absolute Gasteiger partial charge is 0.445 e. The number of aromatic nitrogens is 2. The quantitative estimate of drug-likeness (QED) is 0.595. The van der Waals surface area contributed by atoms with Crippen molar-refractivity contribution in [3.05, 3.63) is 52.3 Å². The fourth-order valence-corrected chi connectivity index (χ4v) is 7.25. The second kappa shape index (κ2) is 10.9. The monoisotopic (exact) mass is 548 g/mol. The molecule has 1 N–H and O–H groups in total. The van der Waals surface area contributed by atoms with Crippen molar-refractivity contribution in [2.24, 2.45) is 24.8 Å². The van der Waals surface area contributed by atoms with Crippen molar-refractivity contribution in [3.63, 3.8) is 0 Å². The molecule has 214 valence electrons. The highest BCUT2D eigenvalue weighted by Gasteiger charge is 2.44. The predicted molar refractivity (Wildman–Crippen MR) is 148 cm³/mol. The summed E-state index contributed by atoms with van der Waals surface area (Å²) in [4.78, 5) is 44.5. The fourth-order valence-electron chi connectivity index (χ4n) is 7.25. The highest BCUT2D eigenvalue weighted by molar-refractivity contribution is 5.80. The molecular weight excluding hydrogens is 508 g/mol. The van der Waals surface area contributed by atoms with Crippen LogP contribution in [0.1, 0.15) is 47.2 Å². The molecule has 40 heavy (non-hydrogen) atoms. The molecule has 1 aromatic heterocycles. The van der Waals surface area contributed by atoms with E-state index in [2.05, 4.69) is 21.4 Å². The number of hydrogen-bond donors (Lipinski definition) is 1. The van der Waals surface area contributed by atoms with Gasteiger partial charge < -0.3 is 19.9 Å². The van der Waals surface area contributed by atoms with Crippen LogP contribution in [0.15, 0.2) is 24.4 Å². The van der Waals surface area contributed by atoms with Crippen LogP contribution >= 0.6 is 0 Å². The molecule has 10 heteroatoms. The number of likely N-dealkylation sites (tertiary alicyclic amines) is 2. The van der Waals surface area contributed by atoms with E-state index in [0.717, 1.165) is 60.3 Å². The summed E-state index contributed by atoms with van der Waals surface area (Å²) in [6, 6.07) is 6.13. The molecule has 0 spiro atoms. The van der Waals surface area contributed by atoms with Crippen molar-refractivity contribution in [2.45, 2.75) is 58.8 Å². The number of nitrogens with zero attached hydrogens (tertiary/aromatic N) is 5. The molecule has 4 heterocycles. The van der Waals surface area contributed by atoms with Crippen LogP contribution in [0.25, 0.3) is 0 Å². The minimum absolute atomic E-state index is 0.0123. The number of rotatable bonds is 6. The van der Waals surface area contributed by atoms with Gasteiger partial charge in [-0.2, -0.15) is 5.10 Å². The summed E-state index contributed by atoms with van der Waals surface area (Å²) < 4.78 is 7.36. The Morgan fingerprint density at radius 1 is 1.00 bits per heavy atom. The number of aryl methyl sites for hydroxylation is 3. The van der Waals surface area contributed by atoms with Crippen LogP contribution in [0.5, 0.6) is 0 Å². The average Bonchev–Trinajstić information content (AvgIpc) is 3.68. The van der Waals surface area contributed by atoms with Gasteiger partial charge in [0.25, 0.3) is 0 Å². The smallest absolute Gasteiger partial charge is 0.410 e. The van der Waals surface area contributed by atoms with E-state index in [1.54, 1.807) is 4.90 Å². The molecule has 0 bridgehead atoms. The third-order valence-electron chi connectivity index (χ3n) is 9.04. The molecule has 0 radical (unpaired) electrons. The third-order valence-corrected chi connectivity index (χ3v) is 9.04. The van der Waals surface area contributed by atoms with Gasteiger partial charge in [0, 0.05) is 63.5 Å². The maximum atomic E-state index is 13.1. The van der Waals surface area contributed by atoms with E-state index in [4.69, 9.17) is 4.74 Å². The molecule has 3 atom stereocenters. The Balaban J connectivity index is 0.909. The van der Waals surface area contributed by atoms with Crippen molar-refractivity contribution in [1.82, 2.24) is 29.8 Å². The highest BCUT2D eigenvalue weighted by atomic mass is 16.6. The van der Waals surface area contributed by atoms with Crippen LogP contribution < -0.4 is 5.32 Å². The molecule has 1 aliphatic carbocycles. The lowest BCUT2D eigenvalue weighted by Gasteiger charge is -2.22. The standard InChI is InChI=1S/C30H40N6O4/c1-19-6-20(2)8-21(7-19)18-40-30(39)35-5-4-26(15-35)31-29(38)22-9-23-12-34(13-24(23)10-22)17-28(37)36-14-25-11-33(3)32-27(25)16-36/h6-8,11,22-24,26H,4-5,9-10,12-18H2,1-3H3,(H,31,38)/t22?,23?,24?,26-/m1/s1. The van der Waals surface area contributed by atoms with E-state index in [0.29, 0.717) is 44.6 Å². The minimum atomic E-state index is -0.324. The first kappa shape index (κ1) is 26.8. The lowest BCUT2D eigenvalue weighted by molar-refractivity contribution is -0.133. The second-order valence-corrected chi connectivity index (χ2v) is 12.4. The lowest BCUT2D eigenvalue weighted by Crippen LogP contribution is -2.41. The van der Waals surface area contributed by atoms with Crippen molar-refractivity contribution >= 4 is 17.9 Å². The third kappa shape index (κ3) is 5.73. The number of nitrogens with one attached hydrogen (secondary N) is 1. The van der Waals surface area contributed by atoms with E-state index in [1.165, 1.54) is 0 Å². The first-order chi connectivity index (χ1) is 19.2. The topological polar surface area (TPSA) is 100 Å². The average molecular weight is 549 g/mol. The molecule has 2 aromatic rings. The van der Waals surface area contributed by atoms with Crippen molar-refractivity contribution < 1.29 is 19.1 Å². The molecule has 2 unspecified atom stereocenters. The van der Waals surface area contributed by atoms with Gasteiger partial charge in [-0.05, 0) is 50.5 Å². The van der Waals surface area contributed by atoms with Crippen molar-refractivity contribution in [1.29, 1.82) is 0 Å². The molecule has 4 aliphatic rings. The summed E-state index contributed by atoms with van der Waals surface area (Å²) in [6.07, 6.45) is 4.16. The Morgan fingerprint density at radius 2 is 1.73 bits per heavy atom. The van der Waals surface area contributed by atoms with Gasteiger partial charge in [0.1, 0.15) is 6.61 Å². The summed E-state index contributed by atoms with van der Waals surface area (Å²) in [5.74, 6) is 1.20.